The first-order chi connectivity index (χ1) is 12.5. The molecule has 9 heteroatoms. The maximum Gasteiger partial charge on any atom is 0.243 e. The summed E-state index contributed by atoms with van der Waals surface area (Å²) in [5, 5.41) is 10.2. The number of halogens is 2. The highest BCUT2D eigenvalue weighted by Crippen LogP contribution is 2.20. The van der Waals surface area contributed by atoms with Gasteiger partial charge in [0.25, 0.3) is 0 Å². The molecule has 2 rings (SSSR count). The minimum Gasteiger partial charge on any atom is -0.356 e. The van der Waals surface area contributed by atoms with Crippen molar-refractivity contribution in [1.29, 1.82) is 0 Å². The molecule has 1 amide bonds. The van der Waals surface area contributed by atoms with E-state index in [4.69, 9.17) is 0 Å². The van der Waals surface area contributed by atoms with Crippen LogP contribution in [0.4, 0.5) is 5.69 Å². The zero-order valence-electron chi connectivity index (χ0n) is 15.6. The summed E-state index contributed by atoms with van der Waals surface area (Å²) >= 11 is 5.15. The van der Waals surface area contributed by atoms with Crippen molar-refractivity contribution < 1.29 is 4.79 Å². The number of aliphatic imine (C=N–C) groups is 1. The average Bonchev–Trinajstić information content (AvgIpc) is 3.09. The number of hydrogen-bond donors (Lipinski definition) is 3. The van der Waals surface area contributed by atoms with Crippen LogP contribution in [0.5, 0.6) is 0 Å². The summed E-state index contributed by atoms with van der Waals surface area (Å²) in [5.74, 6) is 0.472. The Morgan fingerprint density at radius 3 is 2.78 bits per heavy atom. The van der Waals surface area contributed by atoms with Crippen molar-refractivity contribution in [3.8, 4) is 0 Å². The molecule has 1 aromatic carbocycles. The van der Waals surface area contributed by atoms with Gasteiger partial charge in [0.1, 0.15) is 0 Å². The summed E-state index contributed by atoms with van der Waals surface area (Å²) in [4.78, 5) is 22.0. The van der Waals surface area contributed by atoms with Gasteiger partial charge in [-0.25, -0.2) is 4.98 Å². The number of nitrogens with one attached hydrogen (secondary N) is 3. The van der Waals surface area contributed by atoms with Crippen molar-refractivity contribution in [3.63, 3.8) is 0 Å². The van der Waals surface area contributed by atoms with Gasteiger partial charge in [-0.1, -0.05) is 28.9 Å². The van der Waals surface area contributed by atoms with Crippen LogP contribution in [0.3, 0.4) is 0 Å². The first kappa shape index (κ1) is 23.8. The number of guanidine groups is 1. The maximum atomic E-state index is 12.1. The summed E-state index contributed by atoms with van der Waals surface area (Å²) in [5.41, 5.74) is 1.81. The lowest BCUT2D eigenvalue weighted by Crippen LogP contribution is -2.42. The standard InChI is InChI=1S/C18H24BrN5OS.HI/c1-4-14-10-22-17(26-14)7-8-21-18(20-3)23-11-16(25)24-15-9-13(19)6-5-12(15)2;/h5-6,9-10H,4,7-8,11H2,1-3H3,(H,24,25)(H2,20,21,23);1H. The fourth-order valence-electron chi connectivity index (χ4n) is 2.22. The molecule has 0 radical (unpaired) electrons. The van der Waals surface area contributed by atoms with Gasteiger partial charge < -0.3 is 16.0 Å². The number of benzene rings is 1. The fourth-order valence-corrected chi connectivity index (χ4v) is 3.45. The topological polar surface area (TPSA) is 78.4 Å². The molecule has 6 nitrogen and oxygen atoms in total. The number of carbonyl (C=O) groups excluding carboxylic acids is 1. The molecule has 0 aliphatic carbocycles. The zero-order valence-corrected chi connectivity index (χ0v) is 20.4. The second-order valence-corrected chi connectivity index (χ2v) is 7.80. The first-order valence-electron chi connectivity index (χ1n) is 8.46. The molecule has 1 aromatic heterocycles. The number of amides is 1. The molecule has 0 bridgehead atoms. The molecule has 3 N–H and O–H groups in total. The lowest BCUT2D eigenvalue weighted by atomic mass is 10.2. The number of aryl methyl sites for hydroxylation is 2. The van der Waals surface area contributed by atoms with Gasteiger partial charge in [0.05, 0.1) is 11.6 Å². The largest absolute Gasteiger partial charge is 0.356 e. The molecule has 27 heavy (non-hydrogen) atoms. The number of hydrogen-bond acceptors (Lipinski definition) is 4. The molecule has 2 aromatic rings. The molecule has 0 spiro atoms. The highest BCUT2D eigenvalue weighted by molar-refractivity contribution is 14.0. The van der Waals surface area contributed by atoms with Crippen LogP contribution in [0, 0.1) is 6.92 Å². The number of aromatic nitrogens is 1. The van der Waals surface area contributed by atoms with E-state index in [0.717, 1.165) is 33.6 Å². The van der Waals surface area contributed by atoms with Crippen LogP contribution in [0.2, 0.25) is 0 Å². The molecule has 1 heterocycles. The Morgan fingerprint density at radius 1 is 1.33 bits per heavy atom. The smallest absolute Gasteiger partial charge is 0.243 e. The van der Waals surface area contributed by atoms with Crippen LogP contribution in [-0.2, 0) is 17.6 Å². The van der Waals surface area contributed by atoms with Gasteiger partial charge in [0.15, 0.2) is 5.96 Å². The van der Waals surface area contributed by atoms with E-state index >= 15 is 0 Å². The Hall–Kier alpha value is -1.20. The van der Waals surface area contributed by atoms with Crippen molar-refractivity contribution in [3.05, 3.63) is 44.3 Å². The predicted molar refractivity (Wildman–Crippen MR) is 127 cm³/mol. The van der Waals surface area contributed by atoms with Crippen LogP contribution >= 0.6 is 51.2 Å². The van der Waals surface area contributed by atoms with Crippen molar-refractivity contribution >= 4 is 68.8 Å². The normalized spacial score (nSPS) is 10.9. The molecule has 0 aliphatic heterocycles. The SMILES string of the molecule is CCc1cnc(CCNC(=NC)NCC(=O)Nc2cc(Br)ccc2C)s1.I. The Labute approximate surface area is 189 Å². The van der Waals surface area contributed by atoms with E-state index in [9.17, 15) is 4.79 Å². The molecule has 0 fully saturated rings. The number of thiazole rings is 1. The van der Waals surface area contributed by atoms with Crippen LogP contribution < -0.4 is 16.0 Å². The Balaban J connectivity index is 0.00000364. The lowest BCUT2D eigenvalue weighted by Gasteiger charge is -2.12. The van der Waals surface area contributed by atoms with Crippen LogP contribution in [-0.4, -0.2) is 37.0 Å². The minimum absolute atomic E-state index is 0. The molecule has 0 aliphatic rings. The van der Waals surface area contributed by atoms with Gasteiger partial charge >= 0.3 is 0 Å². The highest BCUT2D eigenvalue weighted by atomic mass is 127. The number of rotatable bonds is 7. The first-order valence-corrected chi connectivity index (χ1v) is 10.1. The van der Waals surface area contributed by atoms with E-state index in [-0.39, 0.29) is 36.4 Å². The summed E-state index contributed by atoms with van der Waals surface area (Å²) in [7, 11) is 1.68. The summed E-state index contributed by atoms with van der Waals surface area (Å²) in [6.07, 6.45) is 3.77. The van der Waals surface area contributed by atoms with Gasteiger partial charge in [-0.2, -0.15) is 0 Å². The monoisotopic (exact) mass is 565 g/mol. The van der Waals surface area contributed by atoms with Gasteiger partial charge in [-0.15, -0.1) is 35.3 Å². The van der Waals surface area contributed by atoms with Gasteiger partial charge in [-0.3, -0.25) is 9.79 Å². The van der Waals surface area contributed by atoms with Crippen molar-refractivity contribution in [2.24, 2.45) is 4.99 Å². The van der Waals surface area contributed by atoms with Gasteiger partial charge in [0.2, 0.25) is 5.91 Å². The van der Waals surface area contributed by atoms with Gasteiger partial charge in [0, 0.05) is 41.2 Å². The van der Waals surface area contributed by atoms with Crippen molar-refractivity contribution in [1.82, 2.24) is 15.6 Å². The third-order valence-electron chi connectivity index (χ3n) is 3.69. The van der Waals surface area contributed by atoms with E-state index in [2.05, 4.69) is 48.8 Å². The highest BCUT2D eigenvalue weighted by Gasteiger charge is 2.07. The molecule has 0 saturated heterocycles. The molecule has 0 unspecified atom stereocenters. The number of carbonyl (C=O) groups is 1. The molecule has 148 valence electrons. The fraction of sp³-hybridized carbons (Fsp3) is 0.389. The quantitative estimate of drug-likeness (QED) is 0.271. The minimum atomic E-state index is -0.123. The van der Waals surface area contributed by atoms with Crippen LogP contribution in [0.25, 0.3) is 0 Å². The summed E-state index contributed by atoms with van der Waals surface area (Å²) in [6.45, 7) is 4.94. The molecule has 0 atom stereocenters. The van der Waals surface area contributed by atoms with Crippen molar-refractivity contribution in [2.45, 2.75) is 26.7 Å². The Bertz CT molecular complexity index is 781. The van der Waals surface area contributed by atoms with E-state index in [1.165, 1.54) is 4.88 Å². The predicted octanol–water partition coefficient (Wildman–Crippen LogP) is 3.74. The maximum absolute atomic E-state index is 12.1. The van der Waals surface area contributed by atoms with E-state index in [0.29, 0.717) is 12.5 Å². The lowest BCUT2D eigenvalue weighted by molar-refractivity contribution is -0.115. The number of nitrogens with zero attached hydrogens (tertiary/aromatic N) is 2. The molecular formula is C18H25BrIN5OS. The Kier molecular flexibility index (Phi) is 10.9. The van der Waals surface area contributed by atoms with Crippen molar-refractivity contribution in [2.75, 3.05) is 25.5 Å². The average molecular weight is 566 g/mol. The molecule has 0 saturated carbocycles. The Morgan fingerprint density at radius 2 is 2.11 bits per heavy atom. The second-order valence-electron chi connectivity index (χ2n) is 5.68. The number of anilines is 1. The third-order valence-corrected chi connectivity index (χ3v) is 5.39. The van der Waals surface area contributed by atoms with Crippen LogP contribution in [0.15, 0.2) is 33.9 Å². The van der Waals surface area contributed by atoms with Crippen LogP contribution in [0.1, 0.15) is 22.4 Å². The van der Waals surface area contributed by atoms with Gasteiger partial charge in [-0.05, 0) is 31.0 Å². The summed E-state index contributed by atoms with van der Waals surface area (Å²) in [6, 6.07) is 5.79. The third kappa shape index (κ3) is 8.14. The molecular weight excluding hydrogens is 541 g/mol. The summed E-state index contributed by atoms with van der Waals surface area (Å²) < 4.78 is 0.928. The van der Waals surface area contributed by atoms with E-state index in [1.54, 1.807) is 18.4 Å². The second kappa shape index (κ2) is 12.3. The zero-order chi connectivity index (χ0) is 18.9. The van der Waals surface area contributed by atoms with E-state index in [1.807, 2.05) is 31.3 Å². The van der Waals surface area contributed by atoms with E-state index < -0.39 is 0 Å².